The average Bonchev–Trinajstić information content (AvgIpc) is 2.38. The molecule has 2 rings (SSSR count). The van der Waals surface area contributed by atoms with Gasteiger partial charge in [0.15, 0.2) is 0 Å². The number of carbonyl (C=O) groups excluding carboxylic acids is 1. The third kappa shape index (κ3) is 3.27. The molecular formula is C13H19N3O. The Bertz CT molecular complexity index is 360. The quantitative estimate of drug-likeness (QED) is 0.828. The molecule has 1 fully saturated rings. The molecule has 1 amide bonds. The maximum Gasteiger partial charge on any atom is 0.240 e. The number of nitrogens with two attached hydrogens (primary N) is 1. The van der Waals surface area contributed by atoms with E-state index in [9.17, 15) is 4.79 Å². The predicted octanol–water partition coefficient (Wildman–Crippen LogP) is 1.53. The van der Waals surface area contributed by atoms with Crippen molar-refractivity contribution in [3.05, 3.63) is 30.1 Å². The molecule has 4 heteroatoms. The van der Waals surface area contributed by atoms with E-state index in [1.165, 1.54) is 19.3 Å². The third-order valence-corrected chi connectivity index (χ3v) is 3.28. The molecule has 0 radical (unpaired) electrons. The lowest BCUT2D eigenvalue weighted by molar-refractivity contribution is -0.120. The molecular weight excluding hydrogens is 214 g/mol. The lowest BCUT2D eigenvalue weighted by Gasteiger charge is -2.26. The summed E-state index contributed by atoms with van der Waals surface area (Å²) in [6.45, 7) is 0. The third-order valence-electron chi connectivity index (χ3n) is 3.28. The van der Waals surface area contributed by atoms with Gasteiger partial charge in [-0.15, -0.1) is 0 Å². The summed E-state index contributed by atoms with van der Waals surface area (Å²) in [7, 11) is 0. The van der Waals surface area contributed by atoms with Crippen LogP contribution in [0.25, 0.3) is 0 Å². The highest BCUT2D eigenvalue weighted by Gasteiger charge is 2.23. The molecule has 1 aromatic heterocycles. The molecule has 17 heavy (non-hydrogen) atoms. The van der Waals surface area contributed by atoms with Gasteiger partial charge in [-0.1, -0.05) is 25.3 Å². The lowest BCUT2D eigenvalue weighted by atomic mass is 9.94. The topological polar surface area (TPSA) is 68.0 Å². The van der Waals surface area contributed by atoms with Crippen molar-refractivity contribution in [1.82, 2.24) is 10.3 Å². The van der Waals surface area contributed by atoms with Crippen LogP contribution in [0.1, 0.15) is 43.8 Å². The number of hydrogen-bond acceptors (Lipinski definition) is 3. The molecule has 0 bridgehead atoms. The van der Waals surface area contributed by atoms with Crippen molar-refractivity contribution in [1.29, 1.82) is 0 Å². The van der Waals surface area contributed by atoms with E-state index >= 15 is 0 Å². The van der Waals surface area contributed by atoms with Gasteiger partial charge in [0.1, 0.15) is 6.04 Å². The standard InChI is InChI=1S/C13H19N3O/c14-13(17)12(11-8-4-5-9-15-11)16-10-6-2-1-3-7-10/h4-5,8-10,12,16H,1-3,6-7H2,(H2,14,17). The van der Waals surface area contributed by atoms with Gasteiger partial charge in [0.2, 0.25) is 5.91 Å². The number of nitrogens with one attached hydrogen (secondary N) is 1. The second-order valence-corrected chi connectivity index (χ2v) is 4.59. The fourth-order valence-corrected chi connectivity index (χ4v) is 2.36. The molecule has 1 atom stereocenters. The Morgan fingerprint density at radius 3 is 2.71 bits per heavy atom. The highest BCUT2D eigenvalue weighted by atomic mass is 16.1. The summed E-state index contributed by atoms with van der Waals surface area (Å²) in [5, 5.41) is 3.33. The van der Waals surface area contributed by atoms with Crippen LogP contribution in [-0.4, -0.2) is 16.9 Å². The van der Waals surface area contributed by atoms with Crippen LogP contribution in [0.15, 0.2) is 24.4 Å². The first-order valence-electron chi connectivity index (χ1n) is 6.23. The van der Waals surface area contributed by atoms with Gasteiger partial charge in [0, 0.05) is 12.2 Å². The van der Waals surface area contributed by atoms with Gasteiger partial charge in [0.05, 0.1) is 5.69 Å². The molecule has 1 aliphatic carbocycles. The van der Waals surface area contributed by atoms with Crippen molar-refractivity contribution in [2.75, 3.05) is 0 Å². The number of amides is 1. The van der Waals surface area contributed by atoms with Gasteiger partial charge in [-0.3, -0.25) is 15.1 Å². The molecule has 1 heterocycles. The SMILES string of the molecule is NC(=O)C(NC1CCCCC1)c1ccccn1. The summed E-state index contributed by atoms with van der Waals surface area (Å²) >= 11 is 0. The van der Waals surface area contributed by atoms with Crippen LogP contribution in [0.4, 0.5) is 0 Å². The van der Waals surface area contributed by atoms with Gasteiger partial charge in [0.25, 0.3) is 0 Å². The number of hydrogen-bond donors (Lipinski definition) is 2. The van der Waals surface area contributed by atoms with Crippen LogP contribution in [0.5, 0.6) is 0 Å². The smallest absolute Gasteiger partial charge is 0.240 e. The second-order valence-electron chi connectivity index (χ2n) is 4.59. The van der Waals surface area contributed by atoms with Crippen LogP contribution < -0.4 is 11.1 Å². The minimum absolute atomic E-state index is 0.353. The summed E-state index contributed by atoms with van der Waals surface area (Å²) in [6, 6.07) is 5.48. The van der Waals surface area contributed by atoms with Crippen LogP contribution in [0, 0.1) is 0 Å². The van der Waals surface area contributed by atoms with E-state index in [2.05, 4.69) is 10.3 Å². The molecule has 0 aliphatic heterocycles. The summed E-state index contributed by atoms with van der Waals surface area (Å²) in [6.07, 6.45) is 7.68. The van der Waals surface area contributed by atoms with Gasteiger partial charge in [-0.25, -0.2) is 0 Å². The maximum atomic E-state index is 11.5. The Hall–Kier alpha value is -1.42. The highest BCUT2D eigenvalue weighted by Crippen LogP contribution is 2.20. The van der Waals surface area contributed by atoms with Gasteiger partial charge < -0.3 is 5.73 Å². The van der Waals surface area contributed by atoms with Crippen molar-refractivity contribution in [2.24, 2.45) is 5.73 Å². The zero-order valence-electron chi connectivity index (χ0n) is 9.93. The molecule has 92 valence electrons. The molecule has 1 aromatic rings. The molecule has 3 N–H and O–H groups in total. The van der Waals surface area contributed by atoms with Gasteiger partial charge >= 0.3 is 0 Å². The summed E-state index contributed by atoms with van der Waals surface area (Å²) in [5.41, 5.74) is 6.16. The van der Waals surface area contributed by atoms with E-state index in [1.54, 1.807) is 6.20 Å². The highest BCUT2D eigenvalue weighted by molar-refractivity contribution is 5.80. The predicted molar refractivity (Wildman–Crippen MR) is 66.2 cm³/mol. The Balaban J connectivity index is 2.05. The maximum absolute atomic E-state index is 11.5. The monoisotopic (exact) mass is 233 g/mol. The van der Waals surface area contributed by atoms with Crippen molar-refractivity contribution >= 4 is 5.91 Å². The summed E-state index contributed by atoms with van der Waals surface area (Å²) < 4.78 is 0. The molecule has 1 saturated carbocycles. The normalized spacial score (nSPS) is 18.8. The Kier molecular flexibility index (Phi) is 4.09. The number of aromatic nitrogens is 1. The Labute approximate surface area is 102 Å². The van der Waals surface area contributed by atoms with E-state index in [-0.39, 0.29) is 5.91 Å². The Morgan fingerprint density at radius 1 is 1.35 bits per heavy atom. The summed E-state index contributed by atoms with van der Waals surface area (Å²) in [5.74, 6) is -0.353. The molecule has 1 aliphatic rings. The minimum Gasteiger partial charge on any atom is -0.368 e. The fourth-order valence-electron chi connectivity index (χ4n) is 2.36. The fraction of sp³-hybridized carbons (Fsp3) is 0.538. The van der Waals surface area contributed by atoms with Crippen LogP contribution >= 0.6 is 0 Å². The first-order valence-corrected chi connectivity index (χ1v) is 6.23. The van der Waals surface area contributed by atoms with E-state index < -0.39 is 6.04 Å². The molecule has 4 nitrogen and oxygen atoms in total. The summed E-state index contributed by atoms with van der Waals surface area (Å²) in [4.78, 5) is 15.7. The minimum atomic E-state index is -0.459. The van der Waals surface area contributed by atoms with Crippen molar-refractivity contribution < 1.29 is 4.79 Å². The zero-order valence-corrected chi connectivity index (χ0v) is 9.93. The van der Waals surface area contributed by atoms with E-state index in [0.717, 1.165) is 12.8 Å². The molecule has 0 aromatic carbocycles. The van der Waals surface area contributed by atoms with Gasteiger partial charge in [-0.05, 0) is 25.0 Å². The number of rotatable bonds is 4. The van der Waals surface area contributed by atoms with Crippen LogP contribution in [0.3, 0.4) is 0 Å². The number of nitrogens with zero attached hydrogens (tertiary/aromatic N) is 1. The largest absolute Gasteiger partial charge is 0.368 e. The Morgan fingerprint density at radius 2 is 2.12 bits per heavy atom. The van der Waals surface area contributed by atoms with Crippen LogP contribution in [-0.2, 0) is 4.79 Å². The number of pyridine rings is 1. The second kappa shape index (κ2) is 5.77. The zero-order chi connectivity index (χ0) is 12.1. The molecule has 0 saturated heterocycles. The lowest BCUT2D eigenvalue weighted by Crippen LogP contribution is -2.41. The first-order chi connectivity index (χ1) is 8.27. The van der Waals surface area contributed by atoms with Crippen molar-refractivity contribution in [2.45, 2.75) is 44.2 Å². The molecule has 0 spiro atoms. The van der Waals surface area contributed by atoms with E-state index in [0.29, 0.717) is 11.7 Å². The molecule has 1 unspecified atom stereocenters. The van der Waals surface area contributed by atoms with Crippen molar-refractivity contribution in [3.8, 4) is 0 Å². The van der Waals surface area contributed by atoms with E-state index in [1.807, 2.05) is 18.2 Å². The number of primary amides is 1. The van der Waals surface area contributed by atoms with Crippen LogP contribution in [0.2, 0.25) is 0 Å². The number of carbonyl (C=O) groups is 1. The van der Waals surface area contributed by atoms with Gasteiger partial charge in [-0.2, -0.15) is 0 Å². The average molecular weight is 233 g/mol. The van der Waals surface area contributed by atoms with Crippen molar-refractivity contribution in [3.63, 3.8) is 0 Å². The van der Waals surface area contributed by atoms with E-state index in [4.69, 9.17) is 5.73 Å². The first kappa shape index (κ1) is 12.0.